The number of hydrogen-bond donors (Lipinski definition) is 0. The van der Waals surface area contributed by atoms with Crippen molar-refractivity contribution in [1.29, 1.82) is 0 Å². The second-order valence-electron chi connectivity index (χ2n) is 14.3. The first kappa shape index (κ1) is 26.3. The predicted molar refractivity (Wildman–Crippen MR) is 135 cm³/mol. The largest absolute Gasteiger partial charge is 0.0628 e. The highest BCUT2D eigenvalue weighted by molar-refractivity contribution is 5.06. The van der Waals surface area contributed by atoms with E-state index in [1.807, 2.05) is 0 Å². The summed E-state index contributed by atoms with van der Waals surface area (Å²) in [6.07, 6.45) is 2.80. The van der Waals surface area contributed by atoms with Crippen LogP contribution in [0.2, 0.25) is 0 Å². The van der Waals surface area contributed by atoms with Crippen molar-refractivity contribution in [2.24, 2.45) is 81.8 Å². The molecule has 0 aromatic heterocycles. The van der Waals surface area contributed by atoms with Crippen molar-refractivity contribution in [3.63, 3.8) is 0 Å². The number of rotatable bonds is 7. The molecular formula is C30H58. The first-order valence-corrected chi connectivity index (χ1v) is 13.6. The summed E-state index contributed by atoms with van der Waals surface area (Å²) in [5, 5.41) is 0. The average Bonchev–Trinajstić information content (AvgIpc) is 2.87. The van der Waals surface area contributed by atoms with E-state index in [-0.39, 0.29) is 0 Å². The molecule has 0 saturated heterocycles. The molecule has 0 heterocycles. The lowest BCUT2D eigenvalue weighted by Crippen LogP contribution is -2.40. The second-order valence-corrected chi connectivity index (χ2v) is 14.3. The molecule has 2 rings (SSSR count). The van der Waals surface area contributed by atoms with Gasteiger partial charge in [-0.1, -0.05) is 96.9 Å². The van der Waals surface area contributed by atoms with Crippen molar-refractivity contribution < 1.29 is 0 Å². The quantitative estimate of drug-likeness (QED) is 0.386. The van der Waals surface area contributed by atoms with Crippen LogP contribution in [0, 0.1) is 81.8 Å². The molecule has 0 spiro atoms. The molecule has 0 bridgehead atoms. The summed E-state index contributed by atoms with van der Waals surface area (Å²) in [6.45, 7) is 35.8. The molecule has 30 heavy (non-hydrogen) atoms. The topological polar surface area (TPSA) is 0 Å². The third-order valence-corrected chi connectivity index (χ3v) is 11.1. The Kier molecular flexibility index (Phi) is 7.96. The van der Waals surface area contributed by atoms with E-state index in [0.717, 1.165) is 71.0 Å². The Balaban J connectivity index is 2.33. The Labute approximate surface area is 191 Å². The van der Waals surface area contributed by atoms with E-state index in [0.29, 0.717) is 10.8 Å². The average molecular weight is 419 g/mol. The third-order valence-electron chi connectivity index (χ3n) is 11.1. The van der Waals surface area contributed by atoms with Crippen LogP contribution in [0.25, 0.3) is 0 Å². The highest BCUT2D eigenvalue weighted by atomic mass is 14.6. The van der Waals surface area contributed by atoms with Crippen LogP contribution < -0.4 is 0 Å². The highest BCUT2D eigenvalue weighted by Gasteiger charge is 2.58. The molecule has 0 aliphatic heterocycles. The van der Waals surface area contributed by atoms with Gasteiger partial charge < -0.3 is 0 Å². The molecule has 0 nitrogen and oxygen atoms in total. The van der Waals surface area contributed by atoms with Gasteiger partial charge in [0.05, 0.1) is 0 Å². The van der Waals surface area contributed by atoms with Gasteiger partial charge in [0.15, 0.2) is 0 Å². The lowest BCUT2D eigenvalue weighted by molar-refractivity contribution is 0.0201. The van der Waals surface area contributed by atoms with Gasteiger partial charge in [0, 0.05) is 0 Å². The van der Waals surface area contributed by atoms with Crippen LogP contribution in [0.5, 0.6) is 0 Å². The van der Waals surface area contributed by atoms with E-state index in [4.69, 9.17) is 0 Å². The minimum absolute atomic E-state index is 0.450. The van der Waals surface area contributed by atoms with Crippen LogP contribution >= 0.6 is 0 Å². The summed E-state index contributed by atoms with van der Waals surface area (Å²) in [5.41, 5.74) is 0.900. The van der Waals surface area contributed by atoms with Crippen LogP contribution in [0.15, 0.2) is 0 Å². The van der Waals surface area contributed by atoms with Gasteiger partial charge in [-0.25, -0.2) is 0 Å². The molecule has 2 saturated carbocycles. The van der Waals surface area contributed by atoms with E-state index in [1.54, 1.807) is 0 Å². The van der Waals surface area contributed by atoms with E-state index < -0.39 is 0 Å². The maximum atomic E-state index is 2.64. The summed E-state index contributed by atoms with van der Waals surface area (Å²) in [6, 6.07) is 0. The second kappa shape index (κ2) is 9.09. The van der Waals surface area contributed by atoms with Crippen molar-refractivity contribution in [3.05, 3.63) is 0 Å². The van der Waals surface area contributed by atoms with Gasteiger partial charge in [-0.05, 0) is 94.7 Å². The molecule has 0 amide bonds. The maximum Gasteiger partial charge on any atom is -0.0290 e. The van der Waals surface area contributed by atoms with Crippen molar-refractivity contribution in [1.82, 2.24) is 0 Å². The lowest BCUT2D eigenvalue weighted by Gasteiger charge is -2.46. The zero-order chi connectivity index (χ0) is 23.3. The molecule has 0 radical (unpaired) electrons. The molecule has 2 aliphatic rings. The molecule has 0 N–H and O–H groups in total. The normalized spacial score (nSPS) is 42.8. The Morgan fingerprint density at radius 2 is 0.767 bits per heavy atom. The zero-order valence-corrected chi connectivity index (χ0v) is 23.3. The maximum absolute atomic E-state index is 2.64. The van der Waals surface area contributed by atoms with Crippen molar-refractivity contribution in [2.45, 2.75) is 110 Å². The predicted octanol–water partition coefficient (Wildman–Crippen LogP) is 9.44. The molecule has 0 aromatic rings. The van der Waals surface area contributed by atoms with Crippen molar-refractivity contribution in [2.75, 3.05) is 0 Å². The van der Waals surface area contributed by atoms with Gasteiger partial charge in [0.2, 0.25) is 0 Å². The van der Waals surface area contributed by atoms with E-state index >= 15 is 0 Å². The lowest BCUT2D eigenvalue weighted by atomic mass is 9.59. The first-order valence-electron chi connectivity index (χ1n) is 13.6. The molecule has 2 aliphatic carbocycles. The van der Waals surface area contributed by atoms with Crippen LogP contribution in [0.1, 0.15) is 110 Å². The Morgan fingerprint density at radius 1 is 0.500 bits per heavy atom. The molecule has 10 atom stereocenters. The third kappa shape index (κ3) is 4.41. The van der Waals surface area contributed by atoms with Crippen LogP contribution in [0.3, 0.4) is 0 Å². The molecule has 0 aromatic carbocycles. The zero-order valence-electron chi connectivity index (χ0n) is 23.3. The van der Waals surface area contributed by atoms with Crippen molar-refractivity contribution >= 4 is 0 Å². The highest BCUT2D eigenvalue weighted by Crippen LogP contribution is 2.64. The van der Waals surface area contributed by atoms with Gasteiger partial charge in [-0.15, -0.1) is 0 Å². The summed E-state index contributed by atoms with van der Waals surface area (Å²) in [4.78, 5) is 0. The Morgan fingerprint density at radius 3 is 1.00 bits per heavy atom. The minimum atomic E-state index is 0.450. The first-order chi connectivity index (χ1) is 13.6. The summed E-state index contributed by atoms with van der Waals surface area (Å²) in [5.74, 6) is 10.0. The minimum Gasteiger partial charge on any atom is -0.0628 e. The summed E-state index contributed by atoms with van der Waals surface area (Å²) in [7, 11) is 0. The van der Waals surface area contributed by atoms with Gasteiger partial charge >= 0.3 is 0 Å². The van der Waals surface area contributed by atoms with Gasteiger partial charge in [0.1, 0.15) is 0 Å². The molecule has 2 fully saturated rings. The van der Waals surface area contributed by atoms with Gasteiger partial charge in [0.25, 0.3) is 0 Å². The standard InChI is InChI=1S/C30H58/c1-17(2)15-25-19(5)21(7)27(29(25,11)12)23(9)24(10)28-22(8)20(6)26(16-18(3)4)30(28,13)14/h17-28H,15-16H2,1-14H3. The molecular weight excluding hydrogens is 360 g/mol. The Bertz CT molecular complexity index is 502. The van der Waals surface area contributed by atoms with E-state index in [1.165, 1.54) is 12.8 Å². The molecule has 178 valence electrons. The smallest absolute Gasteiger partial charge is 0.0290 e. The van der Waals surface area contributed by atoms with Crippen LogP contribution in [-0.4, -0.2) is 0 Å². The van der Waals surface area contributed by atoms with Crippen LogP contribution in [-0.2, 0) is 0 Å². The van der Waals surface area contributed by atoms with Gasteiger partial charge in [-0.3, -0.25) is 0 Å². The SMILES string of the molecule is CC(C)CC1C(C)C(C)C(C(C)C(C)C2C(C)C(C)C(CC(C)C)C2(C)C)C1(C)C. The van der Waals surface area contributed by atoms with E-state index in [9.17, 15) is 0 Å². The monoisotopic (exact) mass is 418 g/mol. The van der Waals surface area contributed by atoms with E-state index in [2.05, 4.69) is 96.9 Å². The fourth-order valence-corrected chi connectivity index (χ4v) is 9.61. The Hall–Kier alpha value is 0. The summed E-state index contributed by atoms with van der Waals surface area (Å²) < 4.78 is 0. The van der Waals surface area contributed by atoms with Gasteiger partial charge in [-0.2, -0.15) is 0 Å². The summed E-state index contributed by atoms with van der Waals surface area (Å²) >= 11 is 0. The van der Waals surface area contributed by atoms with Crippen LogP contribution in [0.4, 0.5) is 0 Å². The number of hydrogen-bond acceptors (Lipinski definition) is 0. The fourth-order valence-electron chi connectivity index (χ4n) is 9.61. The fraction of sp³-hybridized carbons (Fsp3) is 1.00. The van der Waals surface area contributed by atoms with Crippen molar-refractivity contribution in [3.8, 4) is 0 Å². The molecule has 10 unspecified atom stereocenters. The molecule has 0 heteroatoms.